The van der Waals surface area contributed by atoms with Crippen LogP contribution in [0.5, 0.6) is 11.5 Å². The highest BCUT2D eigenvalue weighted by molar-refractivity contribution is 5.84. The molecule has 2 aliphatic rings. The Morgan fingerprint density at radius 1 is 1.20 bits per heavy atom. The van der Waals surface area contributed by atoms with Gasteiger partial charge in [-0.2, -0.15) is 0 Å². The van der Waals surface area contributed by atoms with Gasteiger partial charge in [0.2, 0.25) is 0 Å². The van der Waals surface area contributed by atoms with Gasteiger partial charge in [-0.15, -0.1) is 0 Å². The number of ether oxygens (including phenoxy) is 2. The van der Waals surface area contributed by atoms with Crippen molar-refractivity contribution < 1.29 is 23.8 Å². The molecule has 1 unspecified atom stereocenters. The van der Waals surface area contributed by atoms with Gasteiger partial charge in [0.05, 0.1) is 11.7 Å². The van der Waals surface area contributed by atoms with Crippen LogP contribution in [0.25, 0.3) is 5.57 Å². The molecule has 6 heteroatoms. The number of benzene rings is 2. The van der Waals surface area contributed by atoms with E-state index in [1.165, 1.54) is 12.1 Å². The lowest BCUT2D eigenvalue weighted by molar-refractivity contribution is 0.0755. The molecule has 0 fully saturated rings. The number of halogens is 1. The SMILES string of the molecule is CC(C)OC(=O)N1CCC2=C(C1)c1c(O)cc(C(C)CCCc3ccc(F)cc3)cc1OC2(C)C. The number of hydrogen-bond donors (Lipinski definition) is 1. The average molecular weight is 482 g/mol. The first-order valence-corrected chi connectivity index (χ1v) is 12.5. The zero-order valence-electron chi connectivity index (χ0n) is 21.4. The molecule has 0 saturated carbocycles. The summed E-state index contributed by atoms with van der Waals surface area (Å²) < 4.78 is 25.0. The Hall–Kier alpha value is -3.02. The van der Waals surface area contributed by atoms with Gasteiger partial charge in [-0.05, 0) is 106 Å². The number of aromatic hydroxyl groups is 1. The molecule has 0 radical (unpaired) electrons. The molecule has 1 amide bonds. The topological polar surface area (TPSA) is 59.0 Å². The second-order valence-electron chi connectivity index (χ2n) is 10.5. The molecule has 0 bridgehead atoms. The molecule has 35 heavy (non-hydrogen) atoms. The fourth-order valence-electron chi connectivity index (χ4n) is 5.15. The van der Waals surface area contributed by atoms with Crippen LogP contribution in [0.2, 0.25) is 0 Å². The Labute approximate surface area is 207 Å². The number of amides is 1. The number of phenols is 1. The second-order valence-corrected chi connectivity index (χ2v) is 10.5. The highest BCUT2D eigenvalue weighted by atomic mass is 19.1. The number of nitrogens with zero attached hydrogens (tertiary/aromatic N) is 1. The van der Waals surface area contributed by atoms with Crippen molar-refractivity contribution >= 4 is 11.7 Å². The molecule has 0 aromatic heterocycles. The summed E-state index contributed by atoms with van der Waals surface area (Å²) in [6.45, 7) is 10.9. The van der Waals surface area contributed by atoms with Gasteiger partial charge in [0.1, 0.15) is 22.9 Å². The number of hydrogen-bond acceptors (Lipinski definition) is 4. The van der Waals surface area contributed by atoms with Crippen molar-refractivity contribution in [3.63, 3.8) is 0 Å². The van der Waals surface area contributed by atoms with Crippen molar-refractivity contribution in [1.29, 1.82) is 0 Å². The third-order valence-electron chi connectivity index (χ3n) is 7.02. The fraction of sp³-hybridized carbons (Fsp3) is 0.483. The molecular weight excluding hydrogens is 445 g/mol. The van der Waals surface area contributed by atoms with Crippen molar-refractivity contribution in [1.82, 2.24) is 4.90 Å². The van der Waals surface area contributed by atoms with Gasteiger partial charge in [0, 0.05) is 13.1 Å². The first-order chi connectivity index (χ1) is 16.5. The Morgan fingerprint density at radius 3 is 2.60 bits per heavy atom. The molecule has 2 aromatic rings. The van der Waals surface area contributed by atoms with E-state index in [1.54, 1.807) is 4.90 Å². The average Bonchev–Trinajstić information content (AvgIpc) is 2.78. The van der Waals surface area contributed by atoms with E-state index in [0.717, 1.165) is 41.5 Å². The van der Waals surface area contributed by atoms with Crippen LogP contribution in [0.15, 0.2) is 42.0 Å². The molecule has 4 rings (SSSR count). The summed E-state index contributed by atoms with van der Waals surface area (Å²) in [4.78, 5) is 14.3. The largest absolute Gasteiger partial charge is 0.507 e. The van der Waals surface area contributed by atoms with Gasteiger partial charge in [-0.3, -0.25) is 0 Å². The summed E-state index contributed by atoms with van der Waals surface area (Å²) in [6.07, 6.45) is 2.93. The number of rotatable bonds is 6. The third kappa shape index (κ3) is 5.47. The zero-order valence-corrected chi connectivity index (χ0v) is 21.4. The highest BCUT2D eigenvalue weighted by Gasteiger charge is 2.40. The minimum absolute atomic E-state index is 0.184. The first-order valence-electron chi connectivity index (χ1n) is 12.5. The standard InChI is InChI=1S/C29H36FNO4/c1-18(2)34-28(33)31-14-13-24-23(17-31)27-25(32)15-21(16-26(27)35-29(24,4)5)19(3)7-6-8-20-9-11-22(30)12-10-20/h9-12,15-16,18-19,32H,6-8,13-14,17H2,1-5H3. The molecule has 0 aliphatic carbocycles. The molecule has 0 saturated heterocycles. The lowest BCUT2D eigenvalue weighted by atomic mass is 9.80. The predicted molar refractivity (Wildman–Crippen MR) is 135 cm³/mol. The van der Waals surface area contributed by atoms with E-state index in [1.807, 2.05) is 52.0 Å². The molecule has 2 aromatic carbocycles. The van der Waals surface area contributed by atoms with Crippen molar-refractivity contribution in [3.05, 3.63) is 64.5 Å². The summed E-state index contributed by atoms with van der Waals surface area (Å²) in [5.74, 6) is 0.849. The van der Waals surface area contributed by atoms with Crippen LogP contribution in [0.3, 0.4) is 0 Å². The number of aryl methyl sites for hydroxylation is 1. The summed E-state index contributed by atoms with van der Waals surface area (Å²) in [6, 6.07) is 10.5. The van der Waals surface area contributed by atoms with E-state index in [2.05, 4.69) is 6.92 Å². The fourth-order valence-corrected chi connectivity index (χ4v) is 5.15. The number of phenolic OH excluding ortho intramolecular Hbond substituents is 1. The van der Waals surface area contributed by atoms with E-state index < -0.39 is 5.60 Å². The van der Waals surface area contributed by atoms with Crippen LogP contribution in [0.1, 0.15) is 76.5 Å². The minimum Gasteiger partial charge on any atom is -0.507 e. The highest BCUT2D eigenvalue weighted by Crippen LogP contribution is 2.49. The number of carbonyl (C=O) groups is 1. The van der Waals surface area contributed by atoms with Crippen LogP contribution in [0.4, 0.5) is 9.18 Å². The van der Waals surface area contributed by atoms with Crippen molar-refractivity contribution in [3.8, 4) is 11.5 Å². The Balaban J connectivity index is 1.54. The molecule has 188 valence electrons. The molecule has 5 nitrogen and oxygen atoms in total. The van der Waals surface area contributed by atoms with Crippen molar-refractivity contribution in [2.45, 2.75) is 77.9 Å². The van der Waals surface area contributed by atoms with Crippen LogP contribution >= 0.6 is 0 Å². The maximum atomic E-state index is 13.1. The first kappa shape index (κ1) is 25.1. The summed E-state index contributed by atoms with van der Waals surface area (Å²) in [7, 11) is 0. The van der Waals surface area contributed by atoms with E-state index >= 15 is 0 Å². The van der Waals surface area contributed by atoms with Gasteiger partial charge in [0.15, 0.2) is 0 Å². The summed E-state index contributed by atoms with van der Waals surface area (Å²) >= 11 is 0. The molecule has 0 spiro atoms. The van der Waals surface area contributed by atoms with Gasteiger partial charge in [0.25, 0.3) is 0 Å². The van der Waals surface area contributed by atoms with Crippen LogP contribution in [-0.2, 0) is 11.2 Å². The number of carbonyl (C=O) groups excluding carboxylic acids is 1. The molecular formula is C29H36FNO4. The van der Waals surface area contributed by atoms with E-state index in [9.17, 15) is 14.3 Å². The molecule has 1 atom stereocenters. The lowest BCUT2D eigenvalue weighted by Gasteiger charge is -2.42. The summed E-state index contributed by atoms with van der Waals surface area (Å²) in [5.41, 5.74) is 4.38. The van der Waals surface area contributed by atoms with Crippen LogP contribution < -0.4 is 4.74 Å². The number of fused-ring (bicyclic) bond motifs is 2. The quantitative estimate of drug-likeness (QED) is 0.491. The zero-order chi connectivity index (χ0) is 25.3. The van der Waals surface area contributed by atoms with Crippen LogP contribution in [0, 0.1) is 5.82 Å². The third-order valence-corrected chi connectivity index (χ3v) is 7.02. The van der Waals surface area contributed by atoms with Gasteiger partial charge in [-0.25, -0.2) is 9.18 Å². The Kier molecular flexibility index (Phi) is 7.11. The van der Waals surface area contributed by atoms with Crippen molar-refractivity contribution in [2.75, 3.05) is 13.1 Å². The normalized spacial score (nSPS) is 17.5. The Morgan fingerprint density at radius 2 is 1.91 bits per heavy atom. The molecule has 2 aliphatic heterocycles. The van der Waals surface area contributed by atoms with Crippen LogP contribution in [-0.4, -0.2) is 40.9 Å². The van der Waals surface area contributed by atoms with Gasteiger partial charge < -0.3 is 19.5 Å². The maximum Gasteiger partial charge on any atom is 0.410 e. The minimum atomic E-state index is -0.521. The van der Waals surface area contributed by atoms with E-state index in [4.69, 9.17) is 9.47 Å². The van der Waals surface area contributed by atoms with Crippen molar-refractivity contribution in [2.24, 2.45) is 0 Å². The van der Waals surface area contributed by atoms with Gasteiger partial charge in [-0.1, -0.05) is 19.1 Å². The predicted octanol–water partition coefficient (Wildman–Crippen LogP) is 6.83. The Bertz CT molecular complexity index is 1120. The molecule has 2 heterocycles. The van der Waals surface area contributed by atoms with E-state index in [0.29, 0.717) is 30.8 Å². The van der Waals surface area contributed by atoms with E-state index in [-0.39, 0.29) is 29.7 Å². The molecule has 1 N–H and O–H groups in total. The monoisotopic (exact) mass is 481 g/mol. The maximum absolute atomic E-state index is 13.1. The van der Waals surface area contributed by atoms with Gasteiger partial charge >= 0.3 is 6.09 Å². The second kappa shape index (κ2) is 9.92. The lowest BCUT2D eigenvalue weighted by Crippen LogP contribution is -2.44. The smallest absolute Gasteiger partial charge is 0.410 e. The summed E-state index contributed by atoms with van der Waals surface area (Å²) in [5, 5.41) is 11.1.